The lowest BCUT2D eigenvalue weighted by Crippen LogP contribution is -2.43. The summed E-state index contributed by atoms with van der Waals surface area (Å²) in [5.74, 6) is 1.96. The fraction of sp³-hybridized carbons (Fsp3) is 0.778. The molecule has 3 heterocycles. The highest BCUT2D eigenvalue weighted by atomic mass is 32.2. The zero-order chi connectivity index (χ0) is 19.4. The Morgan fingerprint density at radius 3 is 2.89 bits per heavy atom. The van der Waals surface area contributed by atoms with E-state index in [0.717, 1.165) is 31.1 Å². The monoisotopic (exact) mass is 397 g/mol. The maximum absolute atomic E-state index is 12.2. The van der Waals surface area contributed by atoms with E-state index in [1.807, 2.05) is 11.0 Å². The average molecular weight is 398 g/mol. The summed E-state index contributed by atoms with van der Waals surface area (Å²) in [5, 5.41) is 3.10. The number of rotatable bonds is 7. The highest BCUT2D eigenvalue weighted by molar-refractivity contribution is 7.90. The van der Waals surface area contributed by atoms with Crippen LogP contribution in [0.2, 0.25) is 0 Å². The van der Waals surface area contributed by atoms with Crippen LogP contribution in [0.15, 0.2) is 12.4 Å². The molecule has 0 spiro atoms. The molecule has 0 aliphatic carbocycles. The molecule has 8 nitrogen and oxygen atoms in total. The Labute approximate surface area is 162 Å². The van der Waals surface area contributed by atoms with Crippen LogP contribution in [0.1, 0.15) is 40.0 Å². The van der Waals surface area contributed by atoms with Gasteiger partial charge in [0.05, 0.1) is 17.4 Å². The Bertz CT molecular complexity index is 727. The smallest absolute Gasteiger partial charge is 0.216 e. The molecule has 0 aromatic carbocycles. The SMILES string of the molecule is CCNS(=O)(=O)[C@@H]1CCN(c2cc(N[C@H]3CCCO[C@@H]3C(C)C)ncn2)C1. The van der Waals surface area contributed by atoms with Crippen molar-refractivity contribution in [1.82, 2.24) is 14.7 Å². The molecule has 2 fully saturated rings. The molecule has 0 saturated carbocycles. The van der Waals surface area contributed by atoms with Crippen molar-refractivity contribution in [3.63, 3.8) is 0 Å². The van der Waals surface area contributed by atoms with Gasteiger partial charge in [-0.15, -0.1) is 0 Å². The Hall–Kier alpha value is -1.45. The summed E-state index contributed by atoms with van der Waals surface area (Å²) < 4.78 is 33.0. The number of anilines is 2. The molecule has 0 amide bonds. The summed E-state index contributed by atoms with van der Waals surface area (Å²) in [4.78, 5) is 10.7. The van der Waals surface area contributed by atoms with E-state index in [0.29, 0.717) is 32.0 Å². The Morgan fingerprint density at radius 2 is 2.15 bits per heavy atom. The van der Waals surface area contributed by atoms with E-state index in [1.54, 1.807) is 6.92 Å². The summed E-state index contributed by atoms with van der Waals surface area (Å²) in [6.07, 6.45) is 4.40. The van der Waals surface area contributed by atoms with Crippen molar-refractivity contribution in [3.05, 3.63) is 12.4 Å². The molecule has 3 atom stereocenters. The molecule has 3 rings (SSSR count). The molecular weight excluding hydrogens is 366 g/mol. The van der Waals surface area contributed by atoms with Crippen molar-refractivity contribution in [1.29, 1.82) is 0 Å². The van der Waals surface area contributed by atoms with Gasteiger partial charge in [0.15, 0.2) is 0 Å². The van der Waals surface area contributed by atoms with E-state index in [2.05, 4.69) is 33.9 Å². The van der Waals surface area contributed by atoms with Crippen LogP contribution >= 0.6 is 0 Å². The van der Waals surface area contributed by atoms with E-state index in [9.17, 15) is 8.42 Å². The van der Waals surface area contributed by atoms with Gasteiger partial charge in [-0.1, -0.05) is 20.8 Å². The van der Waals surface area contributed by atoms with Crippen molar-refractivity contribution in [3.8, 4) is 0 Å². The highest BCUT2D eigenvalue weighted by Gasteiger charge is 2.33. The van der Waals surface area contributed by atoms with Crippen LogP contribution in [0.4, 0.5) is 11.6 Å². The summed E-state index contributed by atoms with van der Waals surface area (Å²) in [6, 6.07) is 2.13. The standard InChI is InChI=1S/C18H31N5O3S/c1-4-21-27(24,25)14-7-8-23(11-14)17-10-16(19-12-20-17)22-15-6-5-9-26-18(15)13(2)3/h10,12-15,18,21H,4-9,11H2,1-3H3,(H,19,20,22)/t14-,15+,18-/m1/s1. The van der Waals surface area contributed by atoms with Gasteiger partial charge in [0, 0.05) is 32.3 Å². The molecule has 2 N–H and O–H groups in total. The van der Waals surface area contributed by atoms with Gasteiger partial charge in [-0.2, -0.15) is 0 Å². The lowest BCUT2D eigenvalue weighted by atomic mass is 9.94. The molecule has 1 aromatic rings. The molecule has 27 heavy (non-hydrogen) atoms. The van der Waals surface area contributed by atoms with E-state index >= 15 is 0 Å². The normalized spacial score (nSPS) is 26.5. The summed E-state index contributed by atoms with van der Waals surface area (Å²) in [6.45, 7) is 8.49. The first kappa shape index (κ1) is 20.3. The lowest BCUT2D eigenvalue weighted by Gasteiger charge is -2.35. The molecule has 2 saturated heterocycles. The van der Waals surface area contributed by atoms with Crippen molar-refractivity contribution < 1.29 is 13.2 Å². The Kier molecular flexibility index (Phi) is 6.54. The van der Waals surface area contributed by atoms with Crippen molar-refractivity contribution in [2.45, 2.75) is 57.4 Å². The number of ether oxygens (including phenoxy) is 1. The van der Waals surface area contributed by atoms with Crippen LogP contribution in [0.25, 0.3) is 0 Å². The number of hydrogen-bond acceptors (Lipinski definition) is 7. The Balaban J connectivity index is 1.67. The van der Waals surface area contributed by atoms with Gasteiger partial charge in [0.25, 0.3) is 0 Å². The quantitative estimate of drug-likeness (QED) is 0.721. The first-order valence-corrected chi connectivity index (χ1v) is 11.4. The van der Waals surface area contributed by atoms with Crippen molar-refractivity contribution in [2.75, 3.05) is 36.5 Å². The topological polar surface area (TPSA) is 96.5 Å². The minimum Gasteiger partial charge on any atom is -0.376 e. The predicted octanol–water partition coefficient (Wildman–Crippen LogP) is 1.61. The number of hydrogen-bond donors (Lipinski definition) is 2. The molecule has 0 bridgehead atoms. The van der Waals surface area contributed by atoms with Crippen molar-refractivity contribution in [2.24, 2.45) is 5.92 Å². The van der Waals surface area contributed by atoms with Crippen LogP contribution in [0.5, 0.6) is 0 Å². The summed E-state index contributed by atoms with van der Waals surface area (Å²) in [7, 11) is -3.27. The van der Waals surface area contributed by atoms with Crippen molar-refractivity contribution >= 4 is 21.7 Å². The number of sulfonamides is 1. The molecule has 152 valence electrons. The van der Waals surface area contributed by atoms with E-state index in [-0.39, 0.29) is 12.1 Å². The van der Waals surface area contributed by atoms with Gasteiger partial charge in [0.2, 0.25) is 10.0 Å². The maximum atomic E-state index is 12.2. The van der Waals surface area contributed by atoms with Crippen LogP contribution < -0.4 is 14.9 Å². The van der Waals surface area contributed by atoms with Gasteiger partial charge in [-0.05, 0) is 25.2 Å². The second-order valence-electron chi connectivity index (χ2n) is 7.63. The van der Waals surface area contributed by atoms with Crippen LogP contribution in [-0.2, 0) is 14.8 Å². The second-order valence-corrected chi connectivity index (χ2v) is 9.68. The molecule has 0 unspecified atom stereocenters. The molecule has 1 aromatic heterocycles. The minimum absolute atomic E-state index is 0.165. The Morgan fingerprint density at radius 1 is 1.33 bits per heavy atom. The third kappa shape index (κ3) is 4.89. The number of nitrogens with zero attached hydrogens (tertiary/aromatic N) is 3. The fourth-order valence-corrected chi connectivity index (χ4v) is 5.34. The number of nitrogens with one attached hydrogen (secondary N) is 2. The molecular formula is C18H31N5O3S. The summed E-state index contributed by atoms with van der Waals surface area (Å²) >= 11 is 0. The largest absolute Gasteiger partial charge is 0.376 e. The van der Waals surface area contributed by atoms with Crippen LogP contribution in [-0.4, -0.2) is 62.0 Å². The zero-order valence-corrected chi connectivity index (χ0v) is 17.2. The third-order valence-electron chi connectivity index (χ3n) is 5.26. The molecule has 0 radical (unpaired) electrons. The average Bonchev–Trinajstić information content (AvgIpc) is 3.13. The van der Waals surface area contributed by atoms with E-state index < -0.39 is 15.3 Å². The summed E-state index contributed by atoms with van der Waals surface area (Å²) in [5.41, 5.74) is 0. The van der Waals surface area contributed by atoms with E-state index in [4.69, 9.17) is 4.74 Å². The van der Waals surface area contributed by atoms with Gasteiger partial charge >= 0.3 is 0 Å². The third-order valence-corrected chi connectivity index (χ3v) is 7.22. The lowest BCUT2D eigenvalue weighted by molar-refractivity contribution is -0.0203. The zero-order valence-electron chi connectivity index (χ0n) is 16.4. The minimum atomic E-state index is -3.27. The van der Waals surface area contributed by atoms with Gasteiger partial charge in [-0.25, -0.2) is 23.1 Å². The maximum Gasteiger partial charge on any atom is 0.216 e. The van der Waals surface area contributed by atoms with Gasteiger partial charge in [0.1, 0.15) is 18.0 Å². The molecule has 9 heteroatoms. The first-order chi connectivity index (χ1) is 12.9. The van der Waals surface area contributed by atoms with Gasteiger partial charge < -0.3 is 15.0 Å². The van der Waals surface area contributed by atoms with E-state index in [1.165, 1.54) is 6.33 Å². The molecule has 2 aliphatic rings. The highest BCUT2D eigenvalue weighted by Crippen LogP contribution is 2.26. The predicted molar refractivity (Wildman–Crippen MR) is 106 cm³/mol. The van der Waals surface area contributed by atoms with Gasteiger partial charge in [-0.3, -0.25) is 0 Å². The van der Waals surface area contributed by atoms with Crippen LogP contribution in [0.3, 0.4) is 0 Å². The van der Waals surface area contributed by atoms with Crippen LogP contribution in [0, 0.1) is 5.92 Å². The first-order valence-electron chi connectivity index (χ1n) is 9.84. The second kappa shape index (κ2) is 8.70. The fourth-order valence-electron chi connectivity index (χ4n) is 3.91. The molecule has 2 aliphatic heterocycles. The number of aromatic nitrogens is 2.